The number of aryl methyl sites for hydroxylation is 1. The van der Waals surface area contributed by atoms with E-state index in [9.17, 15) is 9.90 Å². The average molecular weight is 407 g/mol. The van der Waals surface area contributed by atoms with Crippen LogP contribution in [0.15, 0.2) is 46.0 Å². The molecule has 0 aliphatic carbocycles. The van der Waals surface area contributed by atoms with Gasteiger partial charge in [-0.1, -0.05) is 22.9 Å². The van der Waals surface area contributed by atoms with Gasteiger partial charge in [-0.3, -0.25) is 4.79 Å². The molecular formula is C18H19BrN2O4. The molecule has 0 aliphatic rings. The standard InChI is InChI=1S/C18H19BrN2O4/c1-3-13-9-14(19)5-7-16(13)25-11-18(23)21-20-10-12-4-6-17(24-2)15(22)8-12/h4-10,22H,3,11H2,1-2H3,(H,21,23)/b20-10+. The normalized spacial score (nSPS) is 10.7. The van der Waals surface area contributed by atoms with Crippen LogP contribution in [0, 0.1) is 0 Å². The van der Waals surface area contributed by atoms with Crippen molar-refractivity contribution in [2.24, 2.45) is 5.10 Å². The molecule has 0 aliphatic heterocycles. The molecule has 25 heavy (non-hydrogen) atoms. The number of nitrogens with one attached hydrogen (secondary N) is 1. The summed E-state index contributed by atoms with van der Waals surface area (Å²) in [6, 6.07) is 10.4. The smallest absolute Gasteiger partial charge is 0.277 e. The second-order valence-electron chi connectivity index (χ2n) is 5.12. The predicted octanol–water partition coefficient (Wildman–Crippen LogP) is 3.25. The number of benzene rings is 2. The molecular weight excluding hydrogens is 388 g/mol. The fourth-order valence-electron chi connectivity index (χ4n) is 2.11. The molecule has 2 N–H and O–H groups in total. The molecule has 0 saturated heterocycles. The number of hydrogen-bond acceptors (Lipinski definition) is 5. The van der Waals surface area contributed by atoms with E-state index in [1.165, 1.54) is 19.4 Å². The van der Waals surface area contributed by atoms with Crippen molar-refractivity contribution in [3.8, 4) is 17.2 Å². The van der Waals surface area contributed by atoms with Crippen LogP contribution in [-0.4, -0.2) is 30.9 Å². The number of carbonyl (C=O) groups is 1. The summed E-state index contributed by atoms with van der Waals surface area (Å²) in [5.74, 6) is 0.670. The van der Waals surface area contributed by atoms with E-state index in [2.05, 4.69) is 26.5 Å². The minimum atomic E-state index is -0.376. The Labute approximate surface area is 154 Å². The minimum absolute atomic E-state index is 0.00319. The molecule has 0 unspecified atom stereocenters. The molecule has 0 radical (unpaired) electrons. The van der Waals surface area contributed by atoms with Crippen molar-refractivity contribution in [1.29, 1.82) is 0 Å². The monoisotopic (exact) mass is 406 g/mol. The number of hydrogen-bond donors (Lipinski definition) is 2. The summed E-state index contributed by atoms with van der Waals surface area (Å²) in [4.78, 5) is 11.8. The number of halogens is 1. The first-order valence-corrected chi connectivity index (χ1v) is 8.43. The summed E-state index contributed by atoms with van der Waals surface area (Å²) < 4.78 is 11.5. The highest BCUT2D eigenvalue weighted by atomic mass is 79.9. The third-order valence-electron chi connectivity index (χ3n) is 3.37. The van der Waals surface area contributed by atoms with Crippen molar-refractivity contribution in [2.45, 2.75) is 13.3 Å². The summed E-state index contributed by atoms with van der Waals surface area (Å²) >= 11 is 3.41. The van der Waals surface area contributed by atoms with Crippen molar-refractivity contribution in [1.82, 2.24) is 5.43 Å². The van der Waals surface area contributed by atoms with Crippen LogP contribution < -0.4 is 14.9 Å². The molecule has 0 saturated carbocycles. The fraction of sp³-hybridized carbons (Fsp3) is 0.222. The summed E-state index contributed by atoms with van der Waals surface area (Å²) in [5, 5.41) is 13.5. The van der Waals surface area contributed by atoms with E-state index in [0.29, 0.717) is 17.1 Å². The topological polar surface area (TPSA) is 80.2 Å². The largest absolute Gasteiger partial charge is 0.504 e. The predicted molar refractivity (Wildman–Crippen MR) is 99.4 cm³/mol. The molecule has 132 valence electrons. The van der Waals surface area contributed by atoms with Gasteiger partial charge < -0.3 is 14.6 Å². The zero-order valence-corrected chi connectivity index (χ0v) is 15.5. The number of phenolic OH excluding ortho intramolecular Hbond substituents is 1. The number of carbonyl (C=O) groups excluding carboxylic acids is 1. The number of methoxy groups -OCH3 is 1. The summed E-state index contributed by atoms with van der Waals surface area (Å²) in [7, 11) is 1.47. The second kappa shape index (κ2) is 9.08. The van der Waals surface area contributed by atoms with Crippen molar-refractivity contribution >= 4 is 28.1 Å². The van der Waals surface area contributed by atoms with E-state index in [0.717, 1.165) is 16.5 Å². The third kappa shape index (κ3) is 5.49. The first-order valence-electron chi connectivity index (χ1n) is 7.63. The van der Waals surface area contributed by atoms with E-state index in [4.69, 9.17) is 9.47 Å². The van der Waals surface area contributed by atoms with Gasteiger partial charge in [-0.2, -0.15) is 5.10 Å². The van der Waals surface area contributed by atoms with Crippen molar-refractivity contribution < 1.29 is 19.4 Å². The van der Waals surface area contributed by atoms with Gasteiger partial charge in [0.05, 0.1) is 13.3 Å². The lowest BCUT2D eigenvalue weighted by Crippen LogP contribution is -2.24. The Hall–Kier alpha value is -2.54. The zero-order chi connectivity index (χ0) is 18.2. The van der Waals surface area contributed by atoms with Gasteiger partial charge in [0.15, 0.2) is 18.1 Å². The van der Waals surface area contributed by atoms with E-state index < -0.39 is 0 Å². The maximum absolute atomic E-state index is 11.8. The number of phenols is 1. The van der Waals surface area contributed by atoms with Crippen LogP contribution in [0.25, 0.3) is 0 Å². The first-order chi connectivity index (χ1) is 12.0. The fourth-order valence-corrected chi connectivity index (χ4v) is 2.52. The molecule has 2 rings (SSSR count). The maximum Gasteiger partial charge on any atom is 0.277 e. The second-order valence-corrected chi connectivity index (χ2v) is 6.03. The molecule has 0 bridgehead atoms. The minimum Gasteiger partial charge on any atom is -0.504 e. The molecule has 0 spiro atoms. The van der Waals surface area contributed by atoms with E-state index in [1.54, 1.807) is 12.1 Å². The Morgan fingerprint density at radius 1 is 1.28 bits per heavy atom. The van der Waals surface area contributed by atoms with Crippen molar-refractivity contribution in [2.75, 3.05) is 13.7 Å². The van der Waals surface area contributed by atoms with E-state index >= 15 is 0 Å². The van der Waals surface area contributed by atoms with Crippen LogP contribution in [-0.2, 0) is 11.2 Å². The molecule has 2 aromatic carbocycles. The highest BCUT2D eigenvalue weighted by Crippen LogP contribution is 2.25. The van der Waals surface area contributed by atoms with Gasteiger partial charge in [0.2, 0.25) is 0 Å². The van der Waals surface area contributed by atoms with E-state index in [1.807, 2.05) is 25.1 Å². The molecule has 0 heterocycles. The van der Waals surface area contributed by atoms with Crippen LogP contribution >= 0.6 is 15.9 Å². The van der Waals surface area contributed by atoms with Gasteiger partial charge in [-0.05, 0) is 53.9 Å². The number of aromatic hydroxyl groups is 1. The van der Waals surface area contributed by atoms with Crippen molar-refractivity contribution in [3.63, 3.8) is 0 Å². The van der Waals surface area contributed by atoms with Crippen LogP contribution in [0.1, 0.15) is 18.1 Å². The summed E-state index contributed by atoms with van der Waals surface area (Å²) in [6.45, 7) is 1.88. The highest BCUT2D eigenvalue weighted by Gasteiger charge is 2.06. The quantitative estimate of drug-likeness (QED) is 0.546. The number of nitrogens with zero attached hydrogens (tertiary/aromatic N) is 1. The van der Waals surface area contributed by atoms with Gasteiger partial charge >= 0.3 is 0 Å². The SMILES string of the molecule is CCc1cc(Br)ccc1OCC(=O)N/N=C/c1ccc(OC)c(O)c1. The van der Waals surface area contributed by atoms with Gasteiger partial charge in [0.25, 0.3) is 5.91 Å². The van der Waals surface area contributed by atoms with Crippen LogP contribution in [0.3, 0.4) is 0 Å². The number of hydrazone groups is 1. The lowest BCUT2D eigenvalue weighted by Gasteiger charge is -2.10. The average Bonchev–Trinajstić information content (AvgIpc) is 2.60. The van der Waals surface area contributed by atoms with Gasteiger partial charge in [0.1, 0.15) is 5.75 Å². The lowest BCUT2D eigenvalue weighted by atomic mass is 10.1. The molecule has 6 nitrogen and oxygen atoms in total. The van der Waals surface area contributed by atoms with Crippen LogP contribution in [0.5, 0.6) is 17.2 Å². The number of amides is 1. The van der Waals surface area contributed by atoms with Gasteiger partial charge in [-0.15, -0.1) is 0 Å². The Kier molecular flexibility index (Phi) is 6.82. The Bertz CT molecular complexity index is 778. The first kappa shape index (κ1) is 18.8. The Morgan fingerprint density at radius 2 is 2.04 bits per heavy atom. The molecule has 1 amide bonds. The van der Waals surface area contributed by atoms with E-state index in [-0.39, 0.29) is 18.3 Å². The third-order valence-corrected chi connectivity index (χ3v) is 3.86. The number of ether oxygens (including phenoxy) is 2. The number of rotatable bonds is 7. The van der Waals surface area contributed by atoms with Gasteiger partial charge in [0, 0.05) is 4.47 Å². The molecule has 0 atom stereocenters. The molecule has 7 heteroatoms. The van der Waals surface area contributed by atoms with Gasteiger partial charge in [-0.25, -0.2) is 5.43 Å². The lowest BCUT2D eigenvalue weighted by molar-refractivity contribution is -0.123. The molecule has 2 aromatic rings. The molecule has 0 aromatic heterocycles. The van der Waals surface area contributed by atoms with Crippen LogP contribution in [0.4, 0.5) is 0 Å². The Morgan fingerprint density at radius 3 is 2.72 bits per heavy atom. The zero-order valence-electron chi connectivity index (χ0n) is 14.0. The maximum atomic E-state index is 11.8. The van der Waals surface area contributed by atoms with Crippen LogP contribution in [0.2, 0.25) is 0 Å². The summed E-state index contributed by atoms with van der Waals surface area (Å²) in [6.07, 6.45) is 2.23. The summed E-state index contributed by atoms with van der Waals surface area (Å²) in [5.41, 5.74) is 4.02. The highest BCUT2D eigenvalue weighted by molar-refractivity contribution is 9.10. The molecule has 0 fully saturated rings. The Balaban J connectivity index is 1.87. The van der Waals surface area contributed by atoms with Crippen molar-refractivity contribution in [3.05, 3.63) is 52.0 Å².